The lowest BCUT2D eigenvalue weighted by atomic mass is 9.95. The molecule has 3 fully saturated rings. The number of hydrogen-bond donors (Lipinski definition) is 0. The lowest BCUT2D eigenvalue weighted by molar-refractivity contribution is -0.134. The third-order valence-electron chi connectivity index (χ3n) is 4.86. The third kappa shape index (κ3) is 3.71. The first-order valence-corrected chi connectivity index (χ1v) is 9.71. The van der Waals surface area contributed by atoms with Gasteiger partial charge in [0.25, 0.3) is 5.91 Å². The second kappa shape index (κ2) is 7.39. The van der Waals surface area contributed by atoms with Crippen LogP contribution in [0.25, 0.3) is 0 Å². The van der Waals surface area contributed by atoms with E-state index in [1.807, 2.05) is 46.4 Å². The summed E-state index contributed by atoms with van der Waals surface area (Å²) in [4.78, 5) is 29.2. The summed E-state index contributed by atoms with van der Waals surface area (Å²) in [7, 11) is 0. The molecule has 124 valence electrons. The van der Waals surface area contributed by atoms with Crippen molar-refractivity contribution in [1.82, 2.24) is 9.80 Å². The van der Waals surface area contributed by atoms with E-state index in [4.69, 9.17) is 0 Å². The molecular formula is C18H24N2O2S. The average molecular weight is 332 g/mol. The summed E-state index contributed by atoms with van der Waals surface area (Å²) in [6, 6.07) is 9.66. The Balaban J connectivity index is 1.71. The van der Waals surface area contributed by atoms with Crippen LogP contribution in [0.4, 0.5) is 0 Å². The maximum absolute atomic E-state index is 12.7. The molecule has 3 heterocycles. The highest BCUT2D eigenvalue weighted by Gasteiger charge is 2.38. The van der Waals surface area contributed by atoms with Crippen LogP contribution in [0.15, 0.2) is 30.3 Å². The Kier molecular flexibility index (Phi) is 5.26. The first kappa shape index (κ1) is 16.4. The topological polar surface area (TPSA) is 40.6 Å². The van der Waals surface area contributed by atoms with Crippen LogP contribution in [0.3, 0.4) is 0 Å². The van der Waals surface area contributed by atoms with Crippen LogP contribution < -0.4 is 0 Å². The van der Waals surface area contributed by atoms with Crippen LogP contribution >= 0.6 is 11.8 Å². The molecule has 2 atom stereocenters. The summed E-state index contributed by atoms with van der Waals surface area (Å²) >= 11 is 1.71. The first-order chi connectivity index (χ1) is 11.2. The van der Waals surface area contributed by atoms with Gasteiger partial charge < -0.3 is 9.80 Å². The molecule has 0 saturated carbocycles. The van der Waals surface area contributed by atoms with Gasteiger partial charge in [0.05, 0.1) is 0 Å². The molecule has 2 bridgehead atoms. The van der Waals surface area contributed by atoms with Gasteiger partial charge in [0.15, 0.2) is 0 Å². The molecule has 0 spiro atoms. The van der Waals surface area contributed by atoms with Crippen molar-refractivity contribution >= 4 is 23.6 Å². The summed E-state index contributed by atoms with van der Waals surface area (Å²) in [6.07, 6.45) is 4.78. The Bertz CT molecular complexity index is 563. The van der Waals surface area contributed by atoms with E-state index in [1.165, 1.54) is 0 Å². The number of piperidine rings is 1. The fraction of sp³-hybridized carbons (Fsp3) is 0.556. The number of benzene rings is 1. The number of nitrogens with zero attached hydrogens (tertiary/aromatic N) is 2. The maximum atomic E-state index is 12.7. The summed E-state index contributed by atoms with van der Waals surface area (Å²) in [5.41, 5.74) is 0.744. The fourth-order valence-electron chi connectivity index (χ4n) is 3.65. The highest BCUT2D eigenvalue weighted by atomic mass is 32.2. The van der Waals surface area contributed by atoms with Gasteiger partial charge in [-0.25, -0.2) is 0 Å². The zero-order valence-electron chi connectivity index (χ0n) is 13.6. The first-order valence-electron chi connectivity index (χ1n) is 8.31. The molecule has 2 amide bonds. The van der Waals surface area contributed by atoms with Crippen molar-refractivity contribution in [2.45, 2.75) is 25.3 Å². The predicted octanol–water partition coefficient (Wildman–Crippen LogP) is 2.50. The minimum atomic E-state index is 0.0981. The molecule has 0 unspecified atom stereocenters. The molecule has 0 aliphatic carbocycles. The van der Waals surface area contributed by atoms with Crippen LogP contribution in [0.1, 0.15) is 29.6 Å². The van der Waals surface area contributed by atoms with E-state index in [9.17, 15) is 9.59 Å². The Labute approximate surface area is 142 Å². The number of thioether (sulfide) groups is 1. The number of carbonyl (C=O) groups is 2. The molecule has 5 heteroatoms. The van der Waals surface area contributed by atoms with Crippen LogP contribution in [0, 0.1) is 5.92 Å². The lowest BCUT2D eigenvalue weighted by Gasteiger charge is -2.36. The van der Waals surface area contributed by atoms with E-state index in [0.29, 0.717) is 18.9 Å². The van der Waals surface area contributed by atoms with Gasteiger partial charge in [-0.2, -0.15) is 11.8 Å². The molecule has 4 rings (SSSR count). The molecule has 3 saturated heterocycles. The Morgan fingerprint density at radius 2 is 1.91 bits per heavy atom. The van der Waals surface area contributed by atoms with E-state index in [0.717, 1.165) is 37.2 Å². The molecule has 4 nitrogen and oxygen atoms in total. The zero-order chi connectivity index (χ0) is 16.2. The summed E-state index contributed by atoms with van der Waals surface area (Å²) in [5.74, 6) is 1.64. The number of amides is 2. The van der Waals surface area contributed by atoms with Crippen molar-refractivity contribution in [3.8, 4) is 0 Å². The van der Waals surface area contributed by atoms with Crippen molar-refractivity contribution in [3.05, 3.63) is 35.9 Å². The zero-order valence-corrected chi connectivity index (χ0v) is 14.4. The Morgan fingerprint density at radius 3 is 2.65 bits per heavy atom. The van der Waals surface area contributed by atoms with Crippen LogP contribution in [-0.4, -0.2) is 59.3 Å². The van der Waals surface area contributed by atoms with Gasteiger partial charge in [-0.15, -0.1) is 0 Å². The average Bonchev–Trinajstić information content (AvgIpc) is 2.91. The number of fused-ring (bicyclic) bond motifs is 4. The van der Waals surface area contributed by atoms with E-state index in [1.54, 1.807) is 11.8 Å². The quantitative estimate of drug-likeness (QED) is 0.851. The predicted molar refractivity (Wildman–Crippen MR) is 93.6 cm³/mol. The fourth-order valence-corrected chi connectivity index (χ4v) is 4.03. The molecule has 0 aromatic heterocycles. The molecule has 0 radical (unpaired) electrons. The van der Waals surface area contributed by atoms with Gasteiger partial charge in [0, 0.05) is 43.4 Å². The standard InChI is InChI=1S/C18H24N2O2S/c1-23-10-9-17(21)20-12-14-7-8-16(20)13-19(11-14)18(22)15-5-3-2-4-6-15/h2-6,14,16H,7-13H2,1H3/t14-,16+/m0/s1. The monoisotopic (exact) mass is 332 g/mol. The number of hydrogen-bond acceptors (Lipinski definition) is 3. The van der Waals surface area contributed by atoms with Crippen molar-refractivity contribution in [3.63, 3.8) is 0 Å². The minimum absolute atomic E-state index is 0.0981. The van der Waals surface area contributed by atoms with E-state index in [2.05, 4.69) is 0 Å². The van der Waals surface area contributed by atoms with Crippen molar-refractivity contribution in [2.75, 3.05) is 31.6 Å². The second-order valence-electron chi connectivity index (χ2n) is 6.46. The second-order valence-corrected chi connectivity index (χ2v) is 7.45. The normalized spacial score (nSPS) is 23.7. The summed E-state index contributed by atoms with van der Waals surface area (Å²) in [6.45, 7) is 2.27. The molecule has 3 aliphatic heterocycles. The van der Waals surface area contributed by atoms with Gasteiger partial charge in [-0.1, -0.05) is 18.2 Å². The van der Waals surface area contributed by atoms with Crippen molar-refractivity contribution in [1.29, 1.82) is 0 Å². The maximum Gasteiger partial charge on any atom is 0.253 e. The summed E-state index contributed by atoms with van der Waals surface area (Å²) < 4.78 is 0. The third-order valence-corrected chi connectivity index (χ3v) is 5.47. The molecule has 1 aromatic rings. The highest BCUT2D eigenvalue weighted by molar-refractivity contribution is 7.98. The van der Waals surface area contributed by atoms with Gasteiger partial charge >= 0.3 is 0 Å². The Hall–Kier alpha value is -1.49. The van der Waals surface area contributed by atoms with Gasteiger partial charge in [0.2, 0.25) is 5.91 Å². The van der Waals surface area contributed by atoms with Crippen molar-refractivity contribution < 1.29 is 9.59 Å². The van der Waals surface area contributed by atoms with Crippen LogP contribution in [0.5, 0.6) is 0 Å². The molecular weight excluding hydrogens is 308 g/mol. The lowest BCUT2D eigenvalue weighted by Crippen LogP contribution is -2.47. The molecule has 23 heavy (non-hydrogen) atoms. The molecule has 1 aromatic carbocycles. The number of rotatable bonds is 4. The van der Waals surface area contributed by atoms with Crippen molar-refractivity contribution in [2.24, 2.45) is 5.92 Å². The highest BCUT2D eigenvalue weighted by Crippen LogP contribution is 2.29. The molecule has 0 N–H and O–H groups in total. The van der Waals surface area contributed by atoms with Gasteiger partial charge in [-0.05, 0) is 37.1 Å². The van der Waals surface area contributed by atoms with Gasteiger partial charge in [-0.3, -0.25) is 9.59 Å². The largest absolute Gasteiger partial charge is 0.338 e. The smallest absolute Gasteiger partial charge is 0.253 e. The van der Waals surface area contributed by atoms with Crippen LogP contribution in [-0.2, 0) is 4.79 Å². The van der Waals surface area contributed by atoms with E-state index in [-0.39, 0.29) is 17.9 Å². The van der Waals surface area contributed by atoms with Crippen LogP contribution in [0.2, 0.25) is 0 Å². The van der Waals surface area contributed by atoms with E-state index < -0.39 is 0 Å². The van der Waals surface area contributed by atoms with E-state index >= 15 is 0 Å². The number of carbonyl (C=O) groups excluding carboxylic acids is 2. The SMILES string of the molecule is CSCCC(=O)N1C[C@H]2CC[C@@H]1CN(C(=O)c1ccccc1)C2. The Morgan fingerprint density at radius 1 is 1.13 bits per heavy atom. The molecule has 3 aliphatic rings. The minimum Gasteiger partial charge on any atom is -0.338 e. The summed E-state index contributed by atoms with van der Waals surface area (Å²) in [5, 5.41) is 0. The van der Waals surface area contributed by atoms with Gasteiger partial charge in [0.1, 0.15) is 0 Å².